The van der Waals surface area contributed by atoms with Gasteiger partial charge in [-0.05, 0) is 25.1 Å². The molecule has 0 heterocycles. The zero-order valence-corrected chi connectivity index (χ0v) is 9.29. The topological polar surface area (TPSA) is 46.5 Å². The number of ether oxygens (including phenoxy) is 1. The summed E-state index contributed by atoms with van der Waals surface area (Å²) < 4.78 is 55.0. The molecule has 1 aromatic rings. The first-order valence-corrected chi connectivity index (χ1v) is 4.93. The maximum absolute atomic E-state index is 12.6. The number of rotatable bonds is 4. The fourth-order valence-electron chi connectivity index (χ4n) is 1.25. The van der Waals surface area contributed by atoms with Gasteiger partial charge in [0.2, 0.25) is 0 Å². The summed E-state index contributed by atoms with van der Waals surface area (Å²) >= 11 is 0. The van der Waals surface area contributed by atoms with Gasteiger partial charge in [-0.3, -0.25) is 0 Å². The maximum Gasteiger partial charge on any atom is 0.417 e. The Morgan fingerprint density at radius 3 is 2.50 bits per heavy atom. The fraction of sp³-hybridized carbons (Fsp3) is 0.364. The van der Waals surface area contributed by atoms with E-state index in [-0.39, 0.29) is 5.75 Å². The Bertz CT molecular complexity index is 440. The molecule has 18 heavy (non-hydrogen) atoms. The van der Waals surface area contributed by atoms with Gasteiger partial charge in [0.15, 0.2) is 0 Å². The largest absolute Gasteiger partial charge is 0.491 e. The van der Waals surface area contributed by atoms with Gasteiger partial charge in [-0.25, -0.2) is 9.18 Å². The van der Waals surface area contributed by atoms with E-state index in [0.29, 0.717) is 6.07 Å². The summed E-state index contributed by atoms with van der Waals surface area (Å²) in [7, 11) is 0. The van der Waals surface area contributed by atoms with Crippen LogP contribution in [0.4, 0.5) is 17.6 Å². The summed E-state index contributed by atoms with van der Waals surface area (Å²) in [6.07, 6.45) is -6.15. The van der Waals surface area contributed by atoms with Gasteiger partial charge in [-0.2, -0.15) is 13.2 Å². The minimum atomic E-state index is -4.81. The van der Waals surface area contributed by atoms with Gasteiger partial charge < -0.3 is 9.84 Å². The van der Waals surface area contributed by atoms with Crippen LogP contribution in [0.15, 0.2) is 18.2 Å². The quantitative estimate of drug-likeness (QED) is 0.851. The summed E-state index contributed by atoms with van der Waals surface area (Å²) in [4.78, 5) is 10.6. The van der Waals surface area contributed by atoms with E-state index in [2.05, 4.69) is 0 Å². The van der Waals surface area contributed by atoms with Crippen molar-refractivity contribution in [2.75, 3.05) is 6.61 Å². The molecule has 1 rings (SSSR count). The molecular formula is C11H10F4O3. The highest BCUT2D eigenvalue weighted by atomic mass is 19.4. The molecule has 0 spiro atoms. The van der Waals surface area contributed by atoms with Crippen molar-refractivity contribution in [2.24, 2.45) is 0 Å². The monoisotopic (exact) mass is 266 g/mol. The zero-order chi connectivity index (χ0) is 13.9. The molecule has 0 bridgehead atoms. The lowest BCUT2D eigenvalue weighted by molar-refractivity contribution is -0.138. The first-order chi connectivity index (χ1) is 8.21. The predicted molar refractivity (Wildman–Crippen MR) is 54.5 cm³/mol. The van der Waals surface area contributed by atoms with Crippen LogP contribution in [0.3, 0.4) is 0 Å². The number of carboxylic acid groups (broad SMARTS) is 1. The number of benzene rings is 1. The van der Waals surface area contributed by atoms with Crippen LogP contribution in [0.25, 0.3) is 0 Å². The Morgan fingerprint density at radius 2 is 2.06 bits per heavy atom. The van der Waals surface area contributed by atoms with E-state index in [1.54, 1.807) is 0 Å². The minimum Gasteiger partial charge on any atom is -0.491 e. The van der Waals surface area contributed by atoms with Gasteiger partial charge in [0, 0.05) is 0 Å². The van der Waals surface area contributed by atoms with Crippen LogP contribution in [0.2, 0.25) is 0 Å². The lowest BCUT2D eigenvalue weighted by Gasteiger charge is -2.13. The Labute approximate surface area is 100.0 Å². The maximum atomic E-state index is 12.6. The highest BCUT2D eigenvalue weighted by Gasteiger charge is 2.35. The molecule has 7 heteroatoms. The summed E-state index contributed by atoms with van der Waals surface area (Å²) in [6.45, 7) is 0.792. The van der Waals surface area contributed by atoms with Gasteiger partial charge in [0.25, 0.3) is 0 Å². The summed E-state index contributed by atoms with van der Waals surface area (Å²) in [5, 5.41) is 8.64. The molecule has 3 nitrogen and oxygen atoms in total. The number of carboxylic acids is 1. The molecular weight excluding hydrogens is 256 g/mol. The van der Waals surface area contributed by atoms with Gasteiger partial charge >= 0.3 is 12.1 Å². The second-order valence-electron chi connectivity index (χ2n) is 3.60. The molecule has 1 unspecified atom stereocenters. The third-order valence-corrected chi connectivity index (χ3v) is 2.01. The number of aromatic carboxylic acids is 1. The standard InChI is InChI=1S/C11H10F4O3/c1-6(12)5-18-7-2-3-8(10(16)17)9(4-7)11(13,14)15/h2-4,6H,5H2,1H3,(H,16,17). The van der Waals surface area contributed by atoms with E-state index in [1.165, 1.54) is 6.92 Å². The number of carbonyl (C=O) groups is 1. The second kappa shape index (κ2) is 5.24. The molecule has 0 fully saturated rings. The normalized spacial score (nSPS) is 13.2. The van der Waals surface area contributed by atoms with Crippen molar-refractivity contribution >= 4 is 5.97 Å². The number of halogens is 4. The molecule has 0 saturated heterocycles. The first-order valence-electron chi connectivity index (χ1n) is 4.93. The lowest BCUT2D eigenvalue weighted by atomic mass is 10.1. The first kappa shape index (κ1) is 14.3. The van der Waals surface area contributed by atoms with E-state index < -0.39 is 36.1 Å². The van der Waals surface area contributed by atoms with Crippen LogP contribution in [-0.2, 0) is 6.18 Å². The minimum absolute atomic E-state index is 0.225. The van der Waals surface area contributed by atoms with Gasteiger partial charge in [-0.1, -0.05) is 0 Å². The second-order valence-corrected chi connectivity index (χ2v) is 3.60. The molecule has 100 valence electrons. The Morgan fingerprint density at radius 1 is 1.44 bits per heavy atom. The molecule has 0 amide bonds. The van der Waals surface area contributed by atoms with Crippen LogP contribution >= 0.6 is 0 Å². The Kier molecular flexibility index (Phi) is 4.15. The Hall–Kier alpha value is -1.79. The molecule has 1 aromatic carbocycles. The van der Waals surface area contributed by atoms with E-state index in [0.717, 1.165) is 12.1 Å². The van der Waals surface area contributed by atoms with Crippen molar-refractivity contribution in [2.45, 2.75) is 19.3 Å². The molecule has 0 aliphatic carbocycles. The average Bonchev–Trinajstić information content (AvgIpc) is 2.24. The van der Waals surface area contributed by atoms with Crippen molar-refractivity contribution in [3.8, 4) is 5.75 Å². The molecule has 0 aliphatic rings. The lowest BCUT2D eigenvalue weighted by Crippen LogP contribution is -2.14. The van der Waals surface area contributed by atoms with Crippen LogP contribution in [0.1, 0.15) is 22.8 Å². The molecule has 1 N–H and O–H groups in total. The van der Waals surface area contributed by atoms with Gasteiger partial charge in [0.1, 0.15) is 18.5 Å². The van der Waals surface area contributed by atoms with Crippen molar-refractivity contribution in [3.05, 3.63) is 29.3 Å². The number of hydrogen-bond acceptors (Lipinski definition) is 2. The van der Waals surface area contributed by atoms with Gasteiger partial charge in [-0.15, -0.1) is 0 Å². The van der Waals surface area contributed by atoms with E-state index in [1.807, 2.05) is 0 Å². The van der Waals surface area contributed by atoms with Crippen molar-refractivity contribution < 1.29 is 32.2 Å². The van der Waals surface area contributed by atoms with E-state index >= 15 is 0 Å². The smallest absolute Gasteiger partial charge is 0.417 e. The van der Waals surface area contributed by atoms with E-state index in [9.17, 15) is 22.4 Å². The van der Waals surface area contributed by atoms with Crippen LogP contribution in [0.5, 0.6) is 5.75 Å². The summed E-state index contributed by atoms with van der Waals surface area (Å²) in [5.74, 6) is -1.91. The molecule has 1 atom stereocenters. The Balaban J connectivity index is 3.10. The molecule has 0 radical (unpaired) electrons. The SMILES string of the molecule is CC(F)COc1ccc(C(=O)O)c(C(F)(F)F)c1. The molecule has 0 aliphatic heterocycles. The van der Waals surface area contributed by atoms with E-state index in [4.69, 9.17) is 9.84 Å². The van der Waals surface area contributed by atoms with Crippen LogP contribution in [0, 0.1) is 0 Å². The van der Waals surface area contributed by atoms with Crippen molar-refractivity contribution in [3.63, 3.8) is 0 Å². The third kappa shape index (κ3) is 3.61. The van der Waals surface area contributed by atoms with Crippen molar-refractivity contribution in [1.82, 2.24) is 0 Å². The van der Waals surface area contributed by atoms with Crippen LogP contribution in [-0.4, -0.2) is 23.9 Å². The highest BCUT2D eigenvalue weighted by molar-refractivity contribution is 5.89. The number of alkyl halides is 4. The van der Waals surface area contributed by atoms with Crippen molar-refractivity contribution in [1.29, 1.82) is 0 Å². The fourth-order valence-corrected chi connectivity index (χ4v) is 1.25. The zero-order valence-electron chi connectivity index (χ0n) is 9.29. The summed E-state index contributed by atoms with van der Waals surface area (Å²) in [6, 6.07) is 2.39. The van der Waals surface area contributed by atoms with Gasteiger partial charge in [0.05, 0.1) is 11.1 Å². The van der Waals surface area contributed by atoms with Crippen LogP contribution < -0.4 is 4.74 Å². The molecule has 0 aromatic heterocycles. The predicted octanol–water partition coefficient (Wildman–Crippen LogP) is 3.14. The number of hydrogen-bond donors (Lipinski definition) is 1. The average molecular weight is 266 g/mol. The third-order valence-electron chi connectivity index (χ3n) is 2.01. The molecule has 0 saturated carbocycles. The highest BCUT2D eigenvalue weighted by Crippen LogP contribution is 2.34. The summed E-state index contributed by atoms with van der Waals surface area (Å²) in [5.41, 5.74) is -2.19.